The maximum Gasteiger partial charge on any atom is 0.0635 e. The lowest BCUT2D eigenvalue weighted by Crippen LogP contribution is -2.62. The minimum atomic E-state index is 0.611. The van der Waals surface area contributed by atoms with Crippen molar-refractivity contribution in [2.24, 2.45) is 0 Å². The summed E-state index contributed by atoms with van der Waals surface area (Å²) in [5.41, 5.74) is 0. The molecule has 2 atom stereocenters. The fourth-order valence-corrected chi connectivity index (χ4v) is 2.53. The second-order valence-corrected chi connectivity index (χ2v) is 4.87. The van der Waals surface area contributed by atoms with E-state index in [1.165, 1.54) is 13.0 Å². The van der Waals surface area contributed by atoms with Gasteiger partial charge in [-0.05, 0) is 27.1 Å². The molecule has 15 heavy (non-hydrogen) atoms. The molecule has 2 saturated heterocycles. The number of rotatable bonds is 3. The standard InChI is InChI=1S/C11H23N3O/c1-13(2)4-3-10-7-12-8-11-9-15-6-5-14(10)11/h10-12H,3-9H2,1-2H3. The van der Waals surface area contributed by atoms with Gasteiger partial charge in [-0.1, -0.05) is 0 Å². The van der Waals surface area contributed by atoms with Crippen molar-refractivity contribution in [2.75, 3.05) is 53.5 Å². The second kappa shape index (κ2) is 5.25. The van der Waals surface area contributed by atoms with Gasteiger partial charge < -0.3 is 15.0 Å². The summed E-state index contributed by atoms with van der Waals surface area (Å²) in [5.74, 6) is 0. The first-order valence-corrected chi connectivity index (χ1v) is 5.96. The molecule has 2 rings (SSSR count). The van der Waals surface area contributed by atoms with Crippen molar-refractivity contribution < 1.29 is 4.74 Å². The average molecular weight is 213 g/mol. The van der Waals surface area contributed by atoms with E-state index < -0.39 is 0 Å². The molecule has 0 aromatic heterocycles. The zero-order valence-electron chi connectivity index (χ0n) is 9.91. The van der Waals surface area contributed by atoms with Crippen LogP contribution in [-0.2, 0) is 4.74 Å². The summed E-state index contributed by atoms with van der Waals surface area (Å²) >= 11 is 0. The van der Waals surface area contributed by atoms with E-state index in [4.69, 9.17) is 4.74 Å². The molecule has 4 nitrogen and oxygen atoms in total. The average Bonchev–Trinajstić information content (AvgIpc) is 2.26. The highest BCUT2D eigenvalue weighted by Crippen LogP contribution is 2.16. The molecule has 2 unspecified atom stereocenters. The van der Waals surface area contributed by atoms with Crippen molar-refractivity contribution >= 4 is 0 Å². The second-order valence-electron chi connectivity index (χ2n) is 4.87. The highest BCUT2D eigenvalue weighted by Gasteiger charge is 2.32. The third-order valence-corrected chi connectivity index (χ3v) is 3.41. The van der Waals surface area contributed by atoms with E-state index in [-0.39, 0.29) is 0 Å². The van der Waals surface area contributed by atoms with E-state index in [0.717, 1.165) is 32.8 Å². The van der Waals surface area contributed by atoms with Crippen LogP contribution in [0.1, 0.15) is 6.42 Å². The van der Waals surface area contributed by atoms with E-state index in [2.05, 4.69) is 29.2 Å². The van der Waals surface area contributed by atoms with Crippen LogP contribution < -0.4 is 5.32 Å². The minimum absolute atomic E-state index is 0.611. The molecule has 0 radical (unpaired) electrons. The Morgan fingerprint density at radius 1 is 1.40 bits per heavy atom. The highest BCUT2D eigenvalue weighted by atomic mass is 16.5. The van der Waals surface area contributed by atoms with Gasteiger partial charge in [0.1, 0.15) is 0 Å². The van der Waals surface area contributed by atoms with Crippen LogP contribution in [0.15, 0.2) is 0 Å². The van der Waals surface area contributed by atoms with Crippen molar-refractivity contribution in [3.63, 3.8) is 0 Å². The molecule has 2 heterocycles. The monoisotopic (exact) mass is 213 g/mol. The normalized spacial score (nSPS) is 33.0. The van der Waals surface area contributed by atoms with E-state index in [9.17, 15) is 0 Å². The Kier molecular flexibility index (Phi) is 3.97. The van der Waals surface area contributed by atoms with Gasteiger partial charge in [-0.15, -0.1) is 0 Å². The summed E-state index contributed by atoms with van der Waals surface area (Å²) in [5, 5.41) is 3.52. The molecule has 0 aliphatic carbocycles. The summed E-state index contributed by atoms with van der Waals surface area (Å²) in [6.45, 7) is 6.35. The molecule has 0 amide bonds. The van der Waals surface area contributed by atoms with Crippen molar-refractivity contribution in [3.05, 3.63) is 0 Å². The molecule has 0 aromatic rings. The number of morpholine rings is 1. The van der Waals surface area contributed by atoms with Crippen LogP contribution in [0.2, 0.25) is 0 Å². The number of nitrogens with one attached hydrogen (secondary N) is 1. The van der Waals surface area contributed by atoms with Gasteiger partial charge in [-0.25, -0.2) is 0 Å². The molecule has 2 aliphatic rings. The van der Waals surface area contributed by atoms with Gasteiger partial charge in [-0.2, -0.15) is 0 Å². The van der Waals surface area contributed by atoms with Crippen LogP contribution in [-0.4, -0.2) is 75.4 Å². The molecule has 0 spiro atoms. The van der Waals surface area contributed by atoms with Crippen molar-refractivity contribution in [1.82, 2.24) is 15.1 Å². The summed E-state index contributed by atoms with van der Waals surface area (Å²) in [6, 6.07) is 1.31. The Morgan fingerprint density at radius 2 is 2.27 bits per heavy atom. The summed E-state index contributed by atoms with van der Waals surface area (Å²) in [6.07, 6.45) is 1.26. The van der Waals surface area contributed by atoms with Crippen LogP contribution in [0.25, 0.3) is 0 Å². The molecule has 4 heteroatoms. The largest absolute Gasteiger partial charge is 0.378 e. The lowest BCUT2D eigenvalue weighted by atomic mass is 10.0. The predicted molar refractivity (Wildman–Crippen MR) is 61.1 cm³/mol. The van der Waals surface area contributed by atoms with Crippen molar-refractivity contribution in [3.8, 4) is 0 Å². The first kappa shape index (κ1) is 11.3. The molecular formula is C11H23N3O. The Labute approximate surface area is 92.6 Å². The van der Waals surface area contributed by atoms with E-state index >= 15 is 0 Å². The van der Waals surface area contributed by atoms with Crippen molar-refractivity contribution in [2.45, 2.75) is 18.5 Å². The number of ether oxygens (including phenoxy) is 1. The predicted octanol–water partition coefficient (Wildman–Crippen LogP) is -0.389. The van der Waals surface area contributed by atoms with Gasteiger partial charge in [0.25, 0.3) is 0 Å². The molecule has 2 fully saturated rings. The van der Waals surface area contributed by atoms with E-state index in [1.807, 2.05) is 0 Å². The lowest BCUT2D eigenvalue weighted by Gasteiger charge is -2.45. The third kappa shape index (κ3) is 2.91. The summed E-state index contributed by atoms with van der Waals surface area (Å²) < 4.78 is 5.52. The molecule has 88 valence electrons. The number of piperazine rings is 1. The van der Waals surface area contributed by atoms with Crippen LogP contribution in [0.5, 0.6) is 0 Å². The van der Waals surface area contributed by atoms with Gasteiger partial charge in [0.2, 0.25) is 0 Å². The van der Waals surface area contributed by atoms with E-state index in [1.54, 1.807) is 0 Å². The van der Waals surface area contributed by atoms with Gasteiger partial charge in [0.05, 0.1) is 13.2 Å². The zero-order chi connectivity index (χ0) is 10.7. The maximum atomic E-state index is 5.52. The first-order chi connectivity index (χ1) is 7.27. The summed E-state index contributed by atoms with van der Waals surface area (Å²) in [4.78, 5) is 4.91. The number of hydrogen-bond acceptors (Lipinski definition) is 4. The van der Waals surface area contributed by atoms with E-state index in [0.29, 0.717) is 12.1 Å². The zero-order valence-corrected chi connectivity index (χ0v) is 9.91. The van der Waals surface area contributed by atoms with Gasteiger partial charge in [-0.3, -0.25) is 4.90 Å². The number of fused-ring (bicyclic) bond motifs is 1. The van der Waals surface area contributed by atoms with Crippen LogP contribution >= 0.6 is 0 Å². The van der Waals surface area contributed by atoms with Crippen LogP contribution in [0.4, 0.5) is 0 Å². The quantitative estimate of drug-likeness (QED) is 0.691. The Morgan fingerprint density at radius 3 is 3.07 bits per heavy atom. The Hall–Kier alpha value is -0.160. The smallest absolute Gasteiger partial charge is 0.0635 e. The molecule has 0 saturated carbocycles. The Balaban J connectivity index is 1.86. The fourth-order valence-electron chi connectivity index (χ4n) is 2.53. The molecule has 2 aliphatic heterocycles. The molecule has 0 aromatic carbocycles. The Bertz CT molecular complexity index is 196. The summed E-state index contributed by atoms with van der Waals surface area (Å²) in [7, 11) is 4.29. The topological polar surface area (TPSA) is 27.7 Å². The van der Waals surface area contributed by atoms with Crippen molar-refractivity contribution in [1.29, 1.82) is 0 Å². The SMILES string of the molecule is CN(C)CCC1CNCC2COCCN12. The highest BCUT2D eigenvalue weighted by molar-refractivity contribution is 4.89. The minimum Gasteiger partial charge on any atom is -0.378 e. The molecule has 1 N–H and O–H groups in total. The van der Waals surface area contributed by atoms with Crippen LogP contribution in [0.3, 0.4) is 0 Å². The van der Waals surface area contributed by atoms with Crippen LogP contribution in [0, 0.1) is 0 Å². The third-order valence-electron chi connectivity index (χ3n) is 3.41. The maximum absolute atomic E-state index is 5.52. The molecular weight excluding hydrogens is 190 g/mol. The fraction of sp³-hybridized carbons (Fsp3) is 1.00. The number of hydrogen-bond donors (Lipinski definition) is 1. The molecule has 0 bridgehead atoms. The van der Waals surface area contributed by atoms with Gasteiger partial charge in [0.15, 0.2) is 0 Å². The van der Waals surface area contributed by atoms with Gasteiger partial charge >= 0.3 is 0 Å². The lowest BCUT2D eigenvalue weighted by molar-refractivity contribution is -0.0443. The number of nitrogens with zero attached hydrogens (tertiary/aromatic N) is 2. The van der Waals surface area contributed by atoms with Gasteiger partial charge in [0, 0.05) is 31.7 Å². The first-order valence-electron chi connectivity index (χ1n) is 5.96.